The van der Waals surface area contributed by atoms with Crippen LogP contribution in [0.2, 0.25) is 5.02 Å². The molecule has 6 nitrogen and oxygen atoms in total. The average Bonchev–Trinajstić information content (AvgIpc) is 2.66. The Balaban J connectivity index is 1.69. The molecule has 30 heavy (non-hydrogen) atoms. The van der Waals surface area contributed by atoms with Crippen LogP contribution in [0.25, 0.3) is 0 Å². The molecule has 0 atom stereocenters. The summed E-state index contributed by atoms with van der Waals surface area (Å²) in [6.45, 7) is 0. The largest absolute Gasteiger partial charge is 0.416 e. The number of carbonyl (C=O) groups is 2. The predicted octanol–water partition coefficient (Wildman–Crippen LogP) is 4.21. The lowest BCUT2D eigenvalue weighted by Gasteiger charge is -2.17. The van der Waals surface area contributed by atoms with Crippen molar-refractivity contribution in [3.05, 3.63) is 47.0 Å². The number of amides is 2. The summed E-state index contributed by atoms with van der Waals surface area (Å²) < 4.78 is 63.5. The normalized spacial score (nSPS) is 14.1. The number of thioether (sulfide) groups is 1. The smallest absolute Gasteiger partial charge is 0.325 e. The van der Waals surface area contributed by atoms with Crippen molar-refractivity contribution in [2.45, 2.75) is 22.4 Å². The van der Waals surface area contributed by atoms with Gasteiger partial charge in [0.05, 0.1) is 38.4 Å². The molecule has 2 amide bonds. The Morgan fingerprint density at radius 2 is 1.93 bits per heavy atom. The molecule has 160 valence electrons. The lowest BCUT2D eigenvalue weighted by Crippen LogP contribution is -2.20. The Labute approximate surface area is 179 Å². The fourth-order valence-corrected chi connectivity index (χ4v) is 4.83. The number of fused-ring (bicyclic) bond motifs is 1. The number of anilines is 2. The van der Waals surface area contributed by atoms with Gasteiger partial charge in [0.15, 0.2) is 9.84 Å². The minimum Gasteiger partial charge on any atom is -0.325 e. The van der Waals surface area contributed by atoms with E-state index in [1.54, 1.807) is 6.07 Å². The number of alkyl halides is 3. The molecule has 0 saturated heterocycles. The minimum atomic E-state index is -4.62. The molecule has 0 spiro atoms. The number of benzene rings is 2. The molecule has 3 rings (SSSR count). The van der Waals surface area contributed by atoms with E-state index < -0.39 is 39.7 Å². The molecule has 1 aliphatic rings. The predicted molar refractivity (Wildman–Crippen MR) is 108 cm³/mol. The maximum atomic E-state index is 12.8. The number of rotatable bonds is 5. The minimum absolute atomic E-state index is 0.0750. The van der Waals surface area contributed by atoms with E-state index in [2.05, 4.69) is 10.6 Å². The van der Waals surface area contributed by atoms with E-state index in [0.717, 1.165) is 17.0 Å². The summed E-state index contributed by atoms with van der Waals surface area (Å²) in [5.41, 5.74) is -0.885. The summed E-state index contributed by atoms with van der Waals surface area (Å²) in [6, 6.07) is 6.70. The van der Waals surface area contributed by atoms with Gasteiger partial charge in [0, 0.05) is 11.3 Å². The van der Waals surface area contributed by atoms with E-state index in [9.17, 15) is 31.2 Å². The van der Waals surface area contributed by atoms with Gasteiger partial charge in [-0.1, -0.05) is 11.6 Å². The van der Waals surface area contributed by atoms with Gasteiger partial charge in [0.25, 0.3) is 0 Å². The van der Waals surface area contributed by atoms with E-state index in [1.807, 2.05) is 0 Å². The second kappa shape index (κ2) is 8.48. The van der Waals surface area contributed by atoms with Crippen molar-refractivity contribution in [2.24, 2.45) is 0 Å². The number of nitrogens with one attached hydrogen (secondary N) is 2. The first-order valence-electron chi connectivity index (χ1n) is 8.42. The van der Waals surface area contributed by atoms with Gasteiger partial charge in [-0.15, -0.1) is 11.8 Å². The second-order valence-corrected chi connectivity index (χ2v) is 9.84. The maximum Gasteiger partial charge on any atom is 0.416 e. The van der Waals surface area contributed by atoms with E-state index in [4.69, 9.17) is 11.6 Å². The Kier molecular flexibility index (Phi) is 6.34. The first-order valence-corrected chi connectivity index (χ1v) is 11.4. The van der Waals surface area contributed by atoms with Crippen molar-refractivity contribution in [2.75, 3.05) is 22.1 Å². The van der Waals surface area contributed by atoms with Crippen LogP contribution in [-0.2, 0) is 25.6 Å². The highest BCUT2D eigenvalue weighted by Gasteiger charge is 2.31. The summed E-state index contributed by atoms with van der Waals surface area (Å²) in [5.74, 6) is -1.40. The zero-order chi connectivity index (χ0) is 22.1. The van der Waals surface area contributed by atoms with E-state index in [-0.39, 0.29) is 27.3 Å². The highest BCUT2D eigenvalue weighted by molar-refractivity contribution is 8.00. The van der Waals surface area contributed by atoms with Gasteiger partial charge in [0.1, 0.15) is 0 Å². The molecule has 2 aromatic rings. The van der Waals surface area contributed by atoms with Crippen LogP contribution in [0.5, 0.6) is 0 Å². The maximum absolute atomic E-state index is 12.8. The first kappa shape index (κ1) is 22.4. The van der Waals surface area contributed by atoms with Crippen LogP contribution in [0.15, 0.2) is 46.2 Å². The second-order valence-electron chi connectivity index (χ2n) is 6.30. The first-order chi connectivity index (χ1) is 14.0. The van der Waals surface area contributed by atoms with Crippen LogP contribution >= 0.6 is 23.4 Å². The fourth-order valence-electron chi connectivity index (χ4n) is 2.61. The highest BCUT2D eigenvalue weighted by Crippen LogP contribution is 2.35. The van der Waals surface area contributed by atoms with Gasteiger partial charge in [-0.05, 0) is 36.4 Å². The molecular formula is C18H14ClF3N2O4S2. The molecule has 12 heteroatoms. The van der Waals surface area contributed by atoms with Gasteiger partial charge in [-0.3, -0.25) is 9.59 Å². The Morgan fingerprint density at radius 1 is 1.20 bits per heavy atom. The molecule has 0 radical (unpaired) electrons. The van der Waals surface area contributed by atoms with Crippen LogP contribution in [0.3, 0.4) is 0 Å². The third-order valence-electron chi connectivity index (χ3n) is 4.11. The SMILES string of the molecule is O=C(CCS(=O)(=O)c1ccc2c(c1)NC(=O)CS2)Nc1cc(C(F)(F)F)ccc1Cl. The summed E-state index contributed by atoms with van der Waals surface area (Å²) in [7, 11) is -3.87. The van der Waals surface area contributed by atoms with Crippen LogP contribution < -0.4 is 10.6 Å². The van der Waals surface area contributed by atoms with Crippen LogP contribution in [-0.4, -0.2) is 31.7 Å². The average molecular weight is 479 g/mol. The number of halogens is 4. The Bertz CT molecular complexity index is 1120. The standard InChI is InChI=1S/C18H14ClF3N2O4S2/c19-12-3-1-10(18(20,21)22)7-13(12)23-16(25)5-6-30(27,28)11-2-4-15-14(8-11)24-17(26)9-29-15/h1-4,7-8H,5-6,9H2,(H,23,25)(H,24,26). The lowest BCUT2D eigenvalue weighted by molar-refractivity contribution is -0.137. The molecule has 0 saturated carbocycles. The highest BCUT2D eigenvalue weighted by atomic mass is 35.5. The zero-order valence-electron chi connectivity index (χ0n) is 15.0. The molecule has 2 N–H and O–H groups in total. The molecular weight excluding hydrogens is 465 g/mol. The molecule has 0 aliphatic carbocycles. The van der Waals surface area contributed by atoms with E-state index >= 15 is 0 Å². The lowest BCUT2D eigenvalue weighted by atomic mass is 10.2. The number of hydrogen-bond donors (Lipinski definition) is 2. The number of carbonyl (C=O) groups excluding carboxylic acids is 2. The van der Waals surface area contributed by atoms with Gasteiger partial charge < -0.3 is 10.6 Å². The van der Waals surface area contributed by atoms with Crippen LogP contribution in [0.1, 0.15) is 12.0 Å². The van der Waals surface area contributed by atoms with Gasteiger partial charge >= 0.3 is 6.18 Å². The third-order valence-corrected chi connectivity index (χ3v) is 7.23. The molecule has 1 heterocycles. The van der Waals surface area contributed by atoms with Gasteiger partial charge in [-0.25, -0.2) is 8.42 Å². The van der Waals surface area contributed by atoms with Crippen molar-refractivity contribution in [1.82, 2.24) is 0 Å². The quantitative estimate of drug-likeness (QED) is 0.671. The van der Waals surface area contributed by atoms with Gasteiger partial charge in [-0.2, -0.15) is 13.2 Å². The number of hydrogen-bond acceptors (Lipinski definition) is 5. The topological polar surface area (TPSA) is 92.3 Å². The molecule has 0 fully saturated rings. The summed E-state index contributed by atoms with van der Waals surface area (Å²) in [5, 5.41) is 4.68. The van der Waals surface area contributed by atoms with Crippen molar-refractivity contribution < 1.29 is 31.2 Å². The monoisotopic (exact) mass is 478 g/mol. The summed E-state index contributed by atoms with van der Waals surface area (Å²) >= 11 is 7.10. The van der Waals surface area contributed by atoms with Crippen LogP contribution in [0, 0.1) is 0 Å². The van der Waals surface area contributed by atoms with Crippen LogP contribution in [0.4, 0.5) is 24.5 Å². The number of sulfone groups is 1. The van der Waals surface area contributed by atoms with Gasteiger partial charge in [0.2, 0.25) is 11.8 Å². The summed E-state index contributed by atoms with van der Waals surface area (Å²) in [6.07, 6.45) is -5.11. The molecule has 2 aromatic carbocycles. The zero-order valence-corrected chi connectivity index (χ0v) is 17.4. The van der Waals surface area contributed by atoms with E-state index in [1.165, 1.54) is 23.9 Å². The molecule has 0 aromatic heterocycles. The fraction of sp³-hybridized carbons (Fsp3) is 0.222. The van der Waals surface area contributed by atoms with Crippen molar-refractivity contribution in [3.8, 4) is 0 Å². The molecule has 1 aliphatic heterocycles. The van der Waals surface area contributed by atoms with Crippen molar-refractivity contribution in [3.63, 3.8) is 0 Å². The Hall–Kier alpha value is -2.24. The third kappa shape index (κ3) is 5.27. The molecule has 0 unspecified atom stereocenters. The summed E-state index contributed by atoms with van der Waals surface area (Å²) in [4.78, 5) is 24.2. The van der Waals surface area contributed by atoms with E-state index in [0.29, 0.717) is 11.8 Å². The molecule has 0 bridgehead atoms. The van der Waals surface area contributed by atoms with Crippen molar-refractivity contribution >= 4 is 56.4 Å². The van der Waals surface area contributed by atoms with Crippen molar-refractivity contribution in [1.29, 1.82) is 0 Å². The Morgan fingerprint density at radius 3 is 2.63 bits per heavy atom.